The molecule has 0 radical (unpaired) electrons. The van der Waals surface area contributed by atoms with Crippen LogP contribution in [-0.2, 0) is 4.79 Å². The summed E-state index contributed by atoms with van der Waals surface area (Å²) in [5.74, 6) is 2.23. The molecular weight excluding hydrogens is 334 g/mol. The highest BCUT2D eigenvalue weighted by atomic mass is 16.5. The second-order valence-corrected chi connectivity index (χ2v) is 6.59. The van der Waals surface area contributed by atoms with Crippen molar-refractivity contribution in [1.82, 2.24) is 15.5 Å². The van der Waals surface area contributed by atoms with Gasteiger partial charge in [0.05, 0.1) is 14.2 Å². The number of methoxy groups -OCH3 is 2. The number of benzene rings is 1. The lowest BCUT2D eigenvalue weighted by Gasteiger charge is -2.22. The molecule has 1 heterocycles. The number of amides is 1. The van der Waals surface area contributed by atoms with Crippen molar-refractivity contribution in [1.29, 1.82) is 0 Å². The quantitative estimate of drug-likeness (QED) is 0.849. The Morgan fingerprint density at radius 1 is 1.19 bits per heavy atom. The number of aromatic nitrogens is 2. The van der Waals surface area contributed by atoms with Crippen molar-refractivity contribution in [2.75, 3.05) is 14.2 Å². The maximum atomic E-state index is 12.4. The molecule has 7 nitrogen and oxygen atoms in total. The third kappa shape index (κ3) is 3.98. The van der Waals surface area contributed by atoms with Gasteiger partial charge < -0.3 is 19.3 Å². The van der Waals surface area contributed by atoms with E-state index in [0.29, 0.717) is 23.2 Å². The van der Waals surface area contributed by atoms with Crippen LogP contribution in [0.5, 0.6) is 11.5 Å². The molecule has 0 bridgehead atoms. The summed E-state index contributed by atoms with van der Waals surface area (Å²) in [5.41, 5.74) is 0.753. The fraction of sp³-hybridized carbons (Fsp3) is 0.526. The van der Waals surface area contributed by atoms with Crippen molar-refractivity contribution in [2.45, 2.75) is 45.1 Å². The van der Waals surface area contributed by atoms with Gasteiger partial charge in [0.15, 0.2) is 11.5 Å². The summed E-state index contributed by atoms with van der Waals surface area (Å²) in [5, 5.41) is 7.02. The molecule has 2 aromatic rings. The van der Waals surface area contributed by atoms with Crippen molar-refractivity contribution < 1.29 is 18.8 Å². The van der Waals surface area contributed by atoms with E-state index in [4.69, 9.17) is 14.0 Å². The first-order chi connectivity index (χ1) is 12.6. The maximum absolute atomic E-state index is 12.4. The third-order valence-electron chi connectivity index (χ3n) is 4.79. The van der Waals surface area contributed by atoms with Crippen molar-refractivity contribution >= 4 is 5.91 Å². The summed E-state index contributed by atoms with van der Waals surface area (Å²) in [6, 6.07) is 5.09. The molecule has 1 amide bonds. The van der Waals surface area contributed by atoms with Crippen LogP contribution in [0.15, 0.2) is 22.7 Å². The van der Waals surface area contributed by atoms with Crippen LogP contribution in [0.1, 0.15) is 51.0 Å². The van der Waals surface area contributed by atoms with E-state index in [-0.39, 0.29) is 17.9 Å². The monoisotopic (exact) mass is 359 g/mol. The van der Waals surface area contributed by atoms with Gasteiger partial charge in [0.25, 0.3) is 0 Å². The minimum absolute atomic E-state index is 0.0723. The highest BCUT2D eigenvalue weighted by molar-refractivity contribution is 5.79. The number of carbonyl (C=O) groups is 1. The fourth-order valence-electron chi connectivity index (χ4n) is 3.26. The van der Waals surface area contributed by atoms with Gasteiger partial charge in [0.2, 0.25) is 17.6 Å². The van der Waals surface area contributed by atoms with Gasteiger partial charge in [-0.15, -0.1) is 0 Å². The van der Waals surface area contributed by atoms with E-state index in [1.165, 1.54) is 6.42 Å². The summed E-state index contributed by atoms with van der Waals surface area (Å²) in [4.78, 5) is 16.8. The van der Waals surface area contributed by atoms with Crippen molar-refractivity contribution in [3.63, 3.8) is 0 Å². The first-order valence-corrected chi connectivity index (χ1v) is 8.98. The number of nitrogens with zero attached hydrogens (tertiary/aromatic N) is 2. The number of rotatable bonds is 6. The highest BCUT2D eigenvalue weighted by Gasteiger charge is 2.24. The molecule has 0 saturated heterocycles. The van der Waals surface area contributed by atoms with Gasteiger partial charge in [-0.2, -0.15) is 4.98 Å². The maximum Gasteiger partial charge on any atom is 0.249 e. The normalized spacial score (nSPS) is 16.1. The predicted octanol–water partition coefficient (Wildman–Crippen LogP) is 3.51. The number of hydrogen-bond acceptors (Lipinski definition) is 6. The van der Waals surface area contributed by atoms with E-state index >= 15 is 0 Å². The van der Waals surface area contributed by atoms with Gasteiger partial charge in [-0.05, 0) is 38.0 Å². The molecule has 0 unspecified atom stereocenters. The zero-order valence-electron chi connectivity index (χ0n) is 15.4. The van der Waals surface area contributed by atoms with E-state index in [2.05, 4.69) is 15.5 Å². The van der Waals surface area contributed by atoms with Gasteiger partial charge in [0, 0.05) is 11.5 Å². The molecule has 1 aliphatic carbocycles. The van der Waals surface area contributed by atoms with E-state index in [0.717, 1.165) is 31.2 Å². The smallest absolute Gasteiger partial charge is 0.249 e. The zero-order chi connectivity index (χ0) is 18.5. The standard InChI is InChI=1S/C19H25N3O4/c1-12(20-18(23)13-7-5-4-6-8-13)19-21-17(22-26-19)14-9-10-15(24-2)16(11-14)25-3/h9-13H,4-8H2,1-3H3,(H,20,23)/t12-/m0/s1. The molecule has 26 heavy (non-hydrogen) atoms. The number of hydrogen-bond donors (Lipinski definition) is 1. The Morgan fingerprint density at radius 2 is 1.92 bits per heavy atom. The van der Waals surface area contributed by atoms with Crippen molar-refractivity contribution in [3.05, 3.63) is 24.1 Å². The second kappa shape index (κ2) is 8.21. The molecule has 0 spiro atoms. The number of ether oxygens (including phenoxy) is 2. The minimum Gasteiger partial charge on any atom is -0.493 e. The summed E-state index contributed by atoms with van der Waals surface area (Å²) in [7, 11) is 3.16. The summed E-state index contributed by atoms with van der Waals surface area (Å²) in [6.45, 7) is 1.85. The van der Waals surface area contributed by atoms with E-state index in [1.807, 2.05) is 13.0 Å². The lowest BCUT2D eigenvalue weighted by atomic mass is 9.88. The molecule has 1 aromatic carbocycles. The molecule has 7 heteroatoms. The molecule has 3 rings (SSSR count). The van der Waals surface area contributed by atoms with Crippen LogP contribution in [0.25, 0.3) is 11.4 Å². The summed E-state index contributed by atoms with van der Waals surface area (Å²) < 4.78 is 15.9. The Kier molecular flexibility index (Phi) is 5.75. The molecule has 1 fully saturated rings. The van der Waals surface area contributed by atoms with Gasteiger partial charge in [0.1, 0.15) is 6.04 Å². The summed E-state index contributed by atoms with van der Waals surface area (Å²) >= 11 is 0. The average Bonchev–Trinajstić information content (AvgIpc) is 3.18. The third-order valence-corrected chi connectivity index (χ3v) is 4.79. The van der Waals surface area contributed by atoms with Crippen LogP contribution in [-0.4, -0.2) is 30.3 Å². The fourth-order valence-corrected chi connectivity index (χ4v) is 3.26. The molecule has 1 atom stereocenters. The van der Waals surface area contributed by atoms with Crippen LogP contribution in [0.3, 0.4) is 0 Å². The van der Waals surface area contributed by atoms with Crippen LogP contribution in [0.2, 0.25) is 0 Å². The van der Waals surface area contributed by atoms with Gasteiger partial charge >= 0.3 is 0 Å². The van der Waals surface area contributed by atoms with E-state index < -0.39 is 0 Å². The van der Waals surface area contributed by atoms with Crippen molar-refractivity contribution in [3.8, 4) is 22.9 Å². The average molecular weight is 359 g/mol. The van der Waals surface area contributed by atoms with Crippen LogP contribution < -0.4 is 14.8 Å². The molecule has 1 N–H and O–H groups in total. The largest absolute Gasteiger partial charge is 0.493 e. The molecular formula is C19H25N3O4. The molecule has 0 aliphatic heterocycles. The SMILES string of the molecule is COc1ccc(-c2noc([C@H](C)NC(=O)C3CCCCC3)n2)cc1OC. The molecule has 1 aromatic heterocycles. The van der Waals surface area contributed by atoms with Gasteiger partial charge in [-0.3, -0.25) is 4.79 Å². The molecule has 1 aliphatic rings. The van der Waals surface area contributed by atoms with Crippen LogP contribution >= 0.6 is 0 Å². The molecule has 1 saturated carbocycles. The van der Waals surface area contributed by atoms with Crippen molar-refractivity contribution in [2.24, 2.45) is 5.92 Å². The van der Waals surface area contributed by atoms with E-state index in [9.17, 15) is 4.79 Å². The van der Waals surface area contributed by atoms with Crippen LogP contribution in [0.4, 0.5) is 0 Å². The first kappa shape index (κ1) is 18.2. The Balaban J connectivity index is 1.69. The molecule has 140 valence electrons. The van der Waals surface area contributed by atoms with Crippen LogP contribution in [0, 0.1) is 5.92 Å². The Morgan fingerprint density at radius 3 is 2.62 bits per heavy atom. The highest BCUT2D eigenvalue weighted by Crippen LogP contribution is 2.31. The van der Waals surface area contributed by atoms with Gasteiger partial charge in [-0.1, -0.05) is 24.4 Å². The second-order valence-electron chi connectivity index (χ2n) is 6.59. The lowest BCUT2D eigenvalue weighted by molar-refractivity contribution is -0.126. The predicted molar refractivity (Wildman–Crippen MR) is 96.0 cm³/mol. The van der Waals surface area contributed by atoms with Gasteiger partial charge in [-0.25, -0.2) is 0 Å². The lowest BCUT2D eigenvalue weighted by Crippen LogP contribution is -2.33. The topological polar surface area (TPSA) is 86.5 Å². The minimum atomic E-state index is -0.328. The Bertz CT molecular complexity index is 753. The summed E-state index contributed by atoms with van der Waals surface area (Å²) in [6.07, 6.45) is 5.38. The number of carbonyl (C=O) groups excluding carboxylic acids is 1. The Labute approximate surface area is 153 Å². The van der Waals surface area contributed by atoms with E-state index in [1.54, 1.807) is 26.4 Å². The zero-order valence-corrected chi connectivity index (χ0v) is 15.4. The Hall–Kier alpha value is -2.57. The first-order valence-electron chi connectivity index (χ1n) is 8.98. The number of nitrogens with one attached hydrogen (secondary N) is 1.